The van der Waals surface area contributed by atoms with E-state index in [2.05, 4.69) is 0 Å². The predicted molar refractivity (Wildman–Crippen MR) is 77.6 cm³/mol. The highest BCUT2D eigenvalue weighted by molar-refractivity contribution is 6.07. The number of benzene rings is 2. The average molecular weight is 285 g/mol. The van der Waals surface area contributed by atoms with Gasteiger partial charge < -0.3 is 0 Å². The summed E-state index contributed by atoms with van der Waals surface area (Å²) >= 11 is 0. The number of carbonyl (C=O) groups excluding carboxylic acids is 1. The van der Waals surface area contributed by atoms with Crippen molar-refractivity contribution in [2.45, 2.75) is 6.92 Å². The lowest BCUT2D eigenvalue weighted by atomic mass is 10.1. The number of carbonyl (C=O) groups is 1. The Bertz CT molecular complexity index is 738. The van der Waals surface area contributed by atoms with Crippen LogP contribution in [-0.2, 0) is 0 Å². The average Bonchev–Trinajstić information content (AvgIpc) is 2.45. The first-order valence-electron chi connectivity index (χ1n) is 6.20. The summed E-state index contributed by atoms with van der Waals surface area (Å²) in [6.45, 7) is 1.61. The molecular weight excluding hydrogens is 273 g/mol. The third-order valence-corrected chi connectivity index (χ3v) is 2.97. The second kappa shape index (κ2) is 6.09. The Hall–Kier alpha value is -2.82. The van der Waals surface area contributed by atoms with Crippen molar-refractivity contribution in [2.75, 3.05) is 0 Å². The topological polar surface area (TPSA) is 60.2 Å². The lowest BCUT2D eigenvalue weighted by molar-refractivity contribution is -0.385. The summed E-state index contributed by atoms with van der Waals surface area (Å²) < 4.78 is 13.0. The number of hydrogen-bond acceptors (Lipinski definition) is 3. The lowest BCUT2D eigenvalue weighted by Crippen LogP contribution is -1.98. The lowest BCUT2D eigenvalue weighted by Gasteiger charge is -2.00. The van der Waals surface area contributed by atoms with Gasteiger partial charge in [0.15, 0.2) is 5.78 Å². The Morgan fingerprint density at radius 2 is 2.00 bits per heavy atom. The number of nitro groups is 1. The van der Waals surface area contributed by atoms with E-state index in [0.29, 0.717) is 11.1 Å². The first-order chi connectivity index (χ1) is 9.97. The van der Waals surface area contributed by atoms with Crippen LogP contribution in [0.15, 0.2) is 48.5 Å². The van der Waals surface area contributed by atoms with Crippen LogP contribution >= 0.6 is 0 Å². The predicted octanol–water partition coefficient (Wildman–Crippen LogP) is 3.94. The molecule has 0 N–H and O–H groups in total. The molecule has 0 unspecified atom stereocenters. The van der Waals surface area contributed by atoms with E-state index in [-0.39, 0.29) is 17.0 Å². The van der Waals surface area contributed by atoms with Crippen molar-refractivity contribution in [1.29, 1.82) is 0 Å². The van der Waals surface area contributed by atoms with Gasteiger partial charge in [0.2, 0.25) is 0 Å². The molecule has 0 aliphatic carbocycles. The molecule has 0 radical (unpaired) electrons. The fourth-order valence-corrected chi connectivity index (χ4v) is 1.84. The van der Waals surface area contributed by atoms with Gasteiger partial charge in [-0.25, -0.2) is 4.39 Å². The van der Waals surface area contributed by atoms with E-state index >= 15 is 0 Å². The normalized spacial score (nSPS) is 10.8. The number of aryl methyl sites for hydroxylation is 1. The molecule has 0 aliphatic rings. The van der Waals surface area contributed by atoms with Gasteiger partial charge in [0.1, 0.15) is 5.82 Å². The highest BCUT2D eigenvalue weighted by atomic mass is 19.1. The van der Waals surface area contributed by atoms with Crippen molar-refractivity contribution < 1.29 is 14.1 Å². The Morgan fingerprint density at radius 1 is 1.24 bits per heavy atom. The molecular formula is C16H12FNO3. The monoisotopic (exact) mass is 285 g/mol. The third-order valence-electron chi connectivity index (χ3n) is 2.97. The number of halogens is 1. The second-order valence-corrected chi connectivity index (χ2v) is 4.51. The molecule has 0 amide bonds. The Labute approximate surface area is 120 Å². The minimum absolute atomic E-state index is 0.0972. The first kappa shape index (κ1) is 14.6. The van der Waals surface area contributed by atoms with Crippen molar-refractivity contribution in [3.8, 4) is 0 Å². The van der Waals surface area contributed by atoms with E-state index in [1.54, 1.807) is 13.0 Å². The van der Waals surface area contributed by atoms with Gasteiger partial charge in [-0.1, -0.05) is 30.3 Å². The number of allylic oxidation sites excluding steroid dienone is 1. The van der Waals surface area contributed by atoms with Crippen molar-refractivity contribution >= 4 is 17.5 Å². The zero-order valence-electron chi connectivity index (χ0n) is 11.2. The van der Waals surface area contributed by atoms with Crippen LogP contribution < -0.4 is 0 Å². The molecule has 5 heteroatoms. The van der Waals surface area contributed by atoms with Crippen LogP contribution in [0.1, 0.15) is 21.5 Å². The quantitative estimate of drug-likeness (QED) is 0.370. The Balaban J connectivity index is 2.25. The largest absolute Gasteiger partial charge is 0.289 e. The molecule has 2 rings (SSSR count). The van der Waals surface area contributed by atoms with Crippen LogP contribution in [0.3, 0.4) is 0 Å². The van der Waals surface area contributed by atoms with Gasteiger partial charge in [0.05, 0.1) is 4.92 Å². The fourth-order valence-electron chi connectivity index (χ4n) is 1.84. The van der Waals surface area contributed by atoms with E-state index < -0.39 is 10.7 Å². The Kier molecular flexibility index (Phi) is 4.23. The molecule has 106 valence electrons. The summed E-state index contributed by atoms with van der Waals surface area (Å²) in [5, 5.41) is 10.8. The minimum atomic E-state index is -0.525. The molecule has 0 fully saturated rings. The van der Waals surface area contributed by atoms with Gasteiger partial charge in [-0.05, 0) is 30.7 Å². The van der Waals surface area contributed by atoms with E-state index in [1.807, 2.05) is 0 Å². The molecule has 0 spiro atoms. The maximum atomic E-state index is 13.0. The van der Waals surface area contributed by atoms with Gasteiger partial charge in [0, 0.05) is 17.2 Å². The molecule has 2 aromatic rings. The molecule has 2 aromatic carbocycles. The number of hydrogen-bond donors (Lipinski definition) is 0. The van der Waals surface area contributed by atoms with Crippen molar-refractivity contribution in [1.82, 2.24) is 0 Å². The van der Waals surface area contributed by atoms with E-state index in [0.717, 1.165) is 0 Å². The Morgan fingerprint density at radius 3 is 2.67 bits per heavy atom. The van der Waals surface area contributed by atoms with E-state index in [9.17, 15) is 19.3 Å². The number of ketones is 1. The van der Waals surface area contributed by atoms with Crippen LogP contribution in [0.5, 0.6) is 0 Å². The van der Waals surface area contributed by atoms with Gasteiger partial charge in [-0.15, -0.1) is 0 Å². The molecule has 0 aliphatic heterocycles. The van der Waals surface area contributed by atoms with E-state index in [4.69, 9.17) is 0 Å². The number of nitro benzene ring substituents is 1. The van der Waals surface area contributed by atoms with Crippen molar-refractivity contribution in [2.24, 2.45) is 0 Å². The maximum absolute atomic E-state index is 13.0. The molecule has 0 saturated heterocycles. The van der Waals surface area contributed by atoms with Crippen LogP contribution in [0.25, 0.3) is 6.08 Å². The van der Waals surface area contributed by atoms with Crippen LogP contribution in [0.4, 0.5) is 10.1 Å². The fraction of sp³-hybridized carbons (Fsp3) is 0.0625. The summed E-state index contributed by atoms with van der Waals surface area (Å²) in [6, 6.07) is 10.1. The zero-order valence-corrected chi connectivity index (χ0v) is 11.2. The second-order valence-electron chi connectivity index (χ2n) is 4.51. The first-order valence-corrected chi connectivity index (χ1v) is 6.20. The van der Waals surface area contributed by atoms with Crippen molar-refractivity contribution in [3.05, 3.63) is 81.2 Å². The van der Waals surface area contributed by atoms with Crippen LogP contribution in [0.2, 0.25) is 0 Å². The maximum Gasteiger partial charge on any atom is 0.273 e. The van der Waals surface area contributed by atoms with Crippen molar-refractivity contribution in [3.63, 3.8) is 0 Å². The number of nitrogens with zero attached hydrogens (tertiary/aromatic N) is 1. The van der Waals surface area contributed by atoms with Gasteiger partial charge in [-0.3, -0.25) is 14.9 Å². The van der Waals surface area contributed by atoms with Gasteiger partial charge in [-0.2, -0.15) is 0 Å². The highest BCUT2D eigenvalue weighted by Crippen LogP contribution is 2.20. The summed E-state index contributed by atoms with van der Waals surface area (Å²) in [5.41, 5.74) is 1.16. The minimum Gasteiger partial charge on any atom is -0.289 e. The number of rotatable bonds is 4. The zero-order chi connectivity index (χ0) is 15.4. The molecule has 0 saturated carbocycles. The third kappa shape index (κ3) is 3.60. The molecule has 0 bridgehead atoms. The standard InChI is InChI=1S/C16H12FNO3/c1-11-5-7-13(10-15(11)18(20)21)16(19)8-6-12-3-2-4-14(17)9-12/h2-10H,1H3. The smallest absolute Gasteiger partial charge is 0.273 e. The molecule has 0 atom stereocenters. The summed E-state index contributed by atoms with van der Waals surface area (Å²) in [7, 11) is 0. The molecule has 0 heterocycles. The van der Waals surface area contributed by atoms with E-state index in [1.165, 1.54) is 48.6 Å². The summed E-state index contributed by atoms with van der Waals surface area (Å²) in [6.07, 6.45) is 2.74. The van der Waals surface area contributed by atoms with Crippen LogP contribution in [0, 0.1) is 22.9 Å². The molecule has 21 heavy (non-hydrogen) atoms. The highest BCUT2D eigenvalue weighted by Gasteiger charge is 2.13. The molecule has 0 aromatic heterocycles. The van der Waals surface area contributed by atoms with Gasteiger partial charge in [0.25, 0.3) is 5.69 Å². The summed E-state index contributed by atoms with van der Waals surface area (Å²) in [4.78, 5) is 22.3. The van der Waals surface area contributed by atoms with Gasteiger partial charge >= 0.3 is 0 Å². The van der Waals surface area contributed by atoms with Crippen LogP contribution in [-0.4, -0.2) is 10.7 Å². The summed E-state index contributed by atoms with van der Waals surface area (Å²) in [5.74, 6) is -0.766. The SMILES string of the molecule is Cc1ccc(C(=O)C=Cc2cccc(F)c2)cc1[N+](=O)[O-]. The molecule has 4 nitrogen and oxygen atoms in total.